The lowest BCUT2D eigenvalue weighted by atomic mass is 9.95. The van der Waals surface area contributed by atoms with Crippen molar-refractivity contribution in [2.24, 2.45) is 5.73 Å². The maximum Gasteiger partial charge on any atom is 0.0459 e. The van der Waals surface area contributed by atoms with Gasteiger partial charge in [0.25, 0.3) is 0 Å². The summed E-state index contributed by atoms with van der Waals surface area (Å²) in [6.45, 7) is 2.85. The molecule has 1 atom stereocenters. The van der Waals surface area contributed by atoms with Gasteiger partial charge in [-0.25, -0.2) is 0 Å². The predicted octanol–water partition coefficient (Wildman–Crippen LogP) is 4.38. The maximum atomic E-state index is 5.94. The van der Waals surface area contributed by atoms with Crippen molar-refractivity contribution in [3.8, 4) is 0 Å². The molecule has 1 aliphatic heterocycles. The number of para-hydroxylation sites is 1. The minimum Gasteiger partial charge on any atom is -0.338 e. The zero-order chi connectivity index (χ0) is 14.1. The van der Waals surface area contributed by atoms with Crippen LogP contribution >= 0.6 is 15.9 Å². The van der Waals surface area contributed by atoms with E-state index in [0.29, 0.717) is 12.6 Å². The molecule has 3 heteroatoms. The third kappa shape index (κ3) is 2.36. The van der Waals surface area contributed by atoms with E-state index in [4.69, 9.17) is 5.73 Å². The smallest absolute Gasteiger partial charge is 0.0459 e. The average molecular weight is 331 g/mol. The summed E-state index contributed by atoms with van der Waals surface area (Å²) in [6, 6.07) is 15.6. The number of rotatable bonds is 2. The molecule has 2 N–H and O–H groups in total. The minimum atomic E-state index is 0.497. The number of aryl methyl sites for hydroxylation is 1. The zero-order valence-electron chi connectivity index (χ0n) is 11.6. The Balaban J connectivity index is 2.14. The lowest BCUT2D eigenvalue weighted by Crippen LogP contribution is -2.34. The molecule has 0 aromatic heterocycles. The first-order valence-corrected chi connectivity index (χ1v) is 7.85. The molecule has 3 rings (SSSR count). The van der Waals surface area contributed by atoms with Crippen molar-refractivity contribution in [3.63, 3.8) is 0 Å². The summed E-state index contributed by atoms with van der Waals surface area (Å²) in [5.74, 6) is 0. The van der Waals surface area contributed by atoms with Gasteiger partial charge in [-0.05, 0) is 55.2 Å². The normalized spacial score (nSPS) is 17.9. The SMILES string of the molecule is CC1CCc2ccccc2N1c1ccc(Br)cc1CN. The fourth-order valence-corrected chi connectivity index (χ4v) is 3.42. The van der Waals surface area contributed by atoms with Crippen LogP contribution < -0.4 is 10.6 Å². The summed E-state index contributed by atoms with van der Waals surface area (Å²) in [4.78, 5) is 2.44. The lowest BCUT2D eigenvalue weighted by molar-refractivity contribution is 0.616. The quantitative estimate of drug-likeness (QED) is 0.885. The van der Waals surface area contributed by atoms with E-state index in [9.17, 15) is 0 Å². The Kier molecular flexibility index (Phi) is 3.81. The summed E-state index contributed by atoms with van der Waals surface area (Å²) < 4.78 is 1.08. The third-order valence-electron chi connectivity index (χ3n) is 4.04. The number of nitrogens with two attached hydrogens (primary N) is 1. The van der Waals surface area contributed by atoms with Gasteiger partial charge in [0.2, 0.25) is 0 Å². The number of nitrogens with zero attached hydrogens (tertiary/aromatic N) is 1. The van der Waals surface area contributed by atoms with E-state index in [1.807, 2.05) is 0 Å². The Morgan fingerprint density at radius 2 is 2.00 bits per heavy atom. The average Bonchev–Trinajstić information content (AvgIpc) is 2.48. The monoisotopic (exact) mass is 330 g/mol. The molecular weight excluding hydrogens is 312 g/mol. The van der Waals surface area contributed by atoms with Gasteiger partial charge in [0, 0.05) is 28.4 Å². The van der Waals surface area contributed by atoms with Crippen LogP contribution in [0.1, 0.15) is 24.5 Å². The highest BCUT2D eigenvalue weighted by molar-refractivity contribution is 9.10. The molecule has 0 bridgehead atoms. The highest BCUT2D eigenvalue weighted by Gasteiger charge is 2.25. The number of fused-ring (bicyclic) bond motifs is 1. The molecule has 1 aliphatic rings. The number of halogens is 1. The molecule has 1 unspecified atom stereocenters. The van der Waals surface area contributed by atoms with Gasteiger partial charge in [0.05, 0.1) is 0 Å². The molecule has 0 radical (unpaired) electrons. The van der Waals surface area contributed by atoms with Crippen molar-refractivity contribution in [3.05, 3.63) is 58.1 Å². The third-order valence-corrected chi connectivity index (χ3v) is 4.54. The van der Waals surface area contributed by atoms with Crippen LogP contribution in [0.5, 0.6) is 0 Å². The summed E-state index contributed by atoms with van der Waals surface area (Å²) in [7, 11) is 0. The van der Waals surface area contributed by atoms with Gasteiger partial charge in [0.15, 0.2) is 0 Å². The summed E-state index contributed by atoms with van der Waals surface area (Å²) in [5, 5.41) is 0. The summed E-state index contributed by atoms with van der Waals surface area (Å²) in [6.07, 6.45) is 2.33. The van der Waals surface area contributed by atoms with Crippen LogP contribution in [-0.4, -0.2) is 6.04 Å². The molecule has 2 aromatic rings. The number of hydrogen-bond donors (Lipinski definition) is 1. The van der Waals surface area contributed by atoms with E-state index in [0.717, 1.165) is 10.9 Å². The topological polar surface area (TPSA) is 29.3 Å². The Morgan fingerprint density at radius 1 is 1.20 bits per heavy atom. The number of benzene rings is 2. The molecule has 2 aromatic carbocycles. The maximum absolute atomic E-state index is 5.94. The standard InChI is InChI=1S/C17H19BrN2/c1-12-6-7-13-4-2-3-5-16(13)20(12)17-9-8-15(18)10-14(17)11-19/h2-5,8-10,12H,6-7,11,19H2,1H3. The van der Waals surface area contributed by atoms with Crippen LogP contribution in [0, 0.1) is 0 Å². The van der Waals surface area contributed by atoms with Gasteiger partial charge < -0.3 is 10.6 Å². The molecule has 0 aliphatic carbocycles. The first-order valence-electron chi connectivity index (χ1n) is 7.06. The summed E-state index contributed by atoms with van der Waals surface area (Å²) >= 11 is 3.53. The van der Waals surface area contributed by atoms with Gasteiger partial charge in [-0.1, -0.05) is 34.1 Å². The molecule has 0 amide bonds. The summed E-state index contributed by atoms with van der Waals surface area (Å²) in [5.41, 5.74) is 11.1. The van der Waals surface area contributed by atoms with E-state index < -0.39 is 0 Å². The Morgan fingerprint density at radius 3 is 2.80 bits per heavy atom. The number of anilines is 2. The van der Waals surface area contributed by atoms with Crippen molar-refractivity contribution < 1.29 is 0 Å². The first kappa shape index (κ1) is 13.7. The van der Waals surface area contributed by atoms with E-state index >= 15 is 0 Å². The van der Waals surface area contributed by atoms with E-state index in [1.165, 1.54) is 28.9 Å². The van der Waals surface area contributed by atoms with Gasteiger partial charge in [-0.2, -0.15) is 0 Å². The molecule has 0 saturated carbocycles. The van der Waals surface area contributed by atoms with Crippen LogP contribution in [0.3, 0.4) is 0 Å². The fraction of sp³-hybridized carbons (Fsp3) is 0.294. The van der Waals surface area contributed by atoms with Crippen molar-refractivity contribution in [1.82, 2.24) is 0 Å². The van der Waals surface area contributed by atoms with Crippen molar-refractivity contribution >= 4 is 27.3 Å². The second kappa shape index (κ2) is 5.58. The largest absolute Gasteiger partial charge is 0.338 e. The van der Waals surface area contributed by atoms with Crippen LogP contribution in [0.15, 0.2) is 46.9 Å². The molecule has 0 saturated heterocycles. The van der Waals surface area contributed by atoms with Gasteiger partial charge in [-0.15, -0.1) is 0 Å². The van der Waals surface area contributed by atoms with Gasteiger partial charge in [-0.3, -0.25) is 0 Å². The van der Waals surface area contributed by atoms with Gasteiger partial charge in [0.1, 0.15) is 0 Å². The fourth-order valence-electron chi connectivity index (χ4n) is 3.01. The molecule has 0 spiro atoms. The second-order valence-corrected chi connectivity index (χ2v) is 6.28. The Hall–Kier alpha value is -1.32. The Bertz CT molecular complexity index is 624. The molecule has 1 heterocycles. The predicted molar refractivity (Wildman–Crippen MR) is 88.4 cm³/mol. The molecule has 20 heavy (non-hydrogen) atoms. The van der Waals surface area contributed by atoms with E-state index in [-0.39, 0.29) is 0 Å². The molecular formula is C17H19BrN2. The van der Waals surface area contributed by atoms with Crippen molar-refractivity contribution in [2.75, 3.05) is 4.90 Å². The van der Waals surface area contributed by atoms with Crippen LogP contribution in [0.4, 0.5) is 11.4 Å². The highest BCUT2D eigenvalue weighted by Crippen LogP contribution is 2.38. The lowest BCUT2D eigenvalue weighted by Gasteiger charge is -2.38. The highest BCUT2D eigenvalue weighted by atomic mass is 79.9. The minimum absolute atomic E-state index is 0.497. The van der Waals surface area contributed by atoms with Crippen molar-refractivity contribution in [1.29, 1.82) is 0 Å². The zero-order valence-corrected chi connectivity index (χ0v) is 13.2. The molecule has 2 nitrogen and oxygen atoms in total. The Labute approximate surface area is 128 Å². The van der Waals surface area contributed by atoms with E-state index in [2.05, 4.69) is 70.2 Å². The van der Waals surface area contributed by atoms with Crippen LogP contribution in [0.25, 0.3) is 0 Å². The second-order valence-electron chi connectivity index (χ2n) is 5.36. The van der Waals surface area contributed by atoms with Crippen molar-refractivity contribution in [2.45, 2.75) is 32.4 Å². The molecule has 0 fully saturated rings. The van der Waals surface area contributed by atoms with Crippen LogP contribution in [-0.2, 0) is 13.0 Å². The van der Waals surface area contributed by atoms with Crippen LogP contribution in [0.2, 0.25) is 0 Å². The van der Waals surface area contributed by atoms with Gasteiger partial charge >= 0.3 is 0 Å². The molecule has 104 valence electrons. The van der Waals surface area contributed by atoms with E-state index in [1.54, 1.807) is 0 Å². The number of hydrogen-bond acceptors (Lipinski definition) is 2. The first-order chi connectivity index (χ1) is 9.70.